The van der Waals surface area contributed by atoms with Crippen LogP contribution in [0.4, 0.5) is 0 Å². The summed E-state index contributed by atoms with van der Waals surface area (Å²) in [6, 6.07) is 3.63. The number of fused-ring (bicyclic) bond motifs is 1. The molecule has 2 aromatic rings. The van der Waals surface area contributed by atoms with Gasteiger partial charge >= 0.3 is 0 Å². The molecule has 2 aromatic heterocycles. The van der Waals surface area contributed by atoms with Crippen LogP contribution in [0.25, 0.3) is 0 Å². The summed E-state index contributed by atoms with van der Waals surface area (Å²) in [4.78, 5) is 4.48. The number of aromatic nitrogens is 3. The molecule has 0 unspecified atom stereocenters. The molecule has 0 radical (unpaired) electrons. The van der Waals surface area contributed by atoms with Crippen molar-refractivity contribution >= 4 is 5.84 Å². The number of hydrogen-bond acceptors (Lipinski definition) is 5. The highest BCUT2D eigenvalue weighted by atomic mass is 16.5. The first-order valence-electron chi connectivity index (χ1n) is 6.38. The molecular formula is C13H15N5O2. The zero-order valence-electron chi connectivity index (χ0n) is 11.1. The van der Waals surface area contributed by atoms with Crippen molar-refractivity contribution < 1.29 is 9.94 Å². The quantitative estimate of drug-likeness (QED) is 0.340. The van der Waals surface area contributed by atoms with E-state index < -0.39 is 0 Å². The van der Waals surface area contributed by atoms with Gasteiger partial charge in [0.1, 0.15) is 0 Å². The summed E-state index contributed by atoms with van der Waals surface area (Å²) < 4.78 is 5.65. The Morgan fingerprint density at radius 2 is 2.30 bits per heavy atom. The molecule has 7 nitrogen and oxygen atoms in total. The summed E-state index contributed by atoms with van der Waals surface area (Å²) in [5.41, 5.74) is 9.19. The molecule has 0 saturated carbocycles. The van der Waals surface area contributed by atoms with Crippen LogP contribution in [0.2, 0.25) is 0 Å². The van der Waals surface area contributed by atoms with Crippen LogP contribution in [0.5, 0.6) is 11.8 Å². The van der Waals surface area contributed by atoms with Crippen molar-refractivity contribution in [3.05, 3.63) is 34.6 Å². The lowest BCUT2D eigenvalue weighted by atomic mass is 10.1. The first-order valence-corrected chi connectivity index (χ1v) is 6.38. The van der Waals surface area contributed by atoms with Crippen LogP contribution >= 0.6 is 0 Å². The molecule has 0 saturated heterocycles. The van der Waals surface area contributed by atoms with Gasteiger partial charge in [-0.1, -0.05) is 5.16 Å². The van der Waals surface area contributed by atoms with Gasteiger partial charge in [0, 0.05) is 17.5 Å². The predicted octanol–water partition coefficient (Wildman–Crippen LogP) is 1.49. The van der Waals surface area contributed by atoms with E-state index >= 15 is 0 Å². The molecule has 0 aliphatic heterocycles. The van der Waals surface area contributed by atoms with Gasteiger partial charge < -0.3 is 15.7 Å². The van der Waals surface area contributed by atoms with Gasteiger partial charge in [-0.05, 0) is 37.8 Å². The maximum Gasteiger partial charge on any atom is 0.240 e. The summed E-state index contributed by atoms with van der Waals surface area (Å²) in [5, 5.41) is 18.7. The molecule has 7 heteroatoms. The third kappa shape index (κ3) is 2.18. The molecular weight excluding hydrogens is 258 g/mol. The molecule has 4 N–H and O–H groups in total. The molecule has 2 heterocycles. The zero-order valence-corrected chi connectivity index (χ0v) is 11.1. The molecule has 0 bridgehead atoms. The molecule has 20 heavy (non-hydrogen) atoms. The molecule has 104 valence electrons. The van der Waals surface area contributed by atoms with Crippen LogP contribution in [0.3, 0.4) is 0 Å². The van der Waals surface area contributed by atoms with Gasteiger partial charge in [0.25, 0.3) is 0 Å². The molecule has 0 aromatic carbocycles. The predicted molar refractivity (Wildman–Crippen MR) is 72.2 cm³/mol. The molecule has 1 aliphatic carbocycles. The molecule has 0 amide bonds. The Kier molecular flexibility index (Phi) is 3.02. The lowest BCUT2D eigenvalue weighted by Crippen LogP contribution is -2.16. The van der Waals surface area contributed by atoms with E-state index in [1.54, 1.807) is 6.07 Å². The Balaban J connectivity index is 2.03. The van der Waals surface area contributed by atoms with E-state index in [2.05, 4.69) is 20.3 Å². The fourth-order valence-corrected chi connectivity index (χ4v) is 2.31. The summed E-state index contributed by atoms with van der Waals surface area (Å²) in [5.74, 6) is 0.696. The van der Waals surface area contributed by atoms with Crippen LogP contribution in [0, 0.1) is 6.92 Å². The van der Waals surface area contributed by atoms with Gasteiger partial charge in [0.15, 0.2) is 5.84 Å². The largest absolute Gasteiger partial charge is 0.418 e. The standard InChI is InChI=1S/C13H15N5O2/c1-7-5-11(17-16-7)20-13-9(12(14)18-19)6-8-3-2-4-10(8)15-13/h5-6,19H,2-4H2,1H3,(H2,14,18)(H,16,17). The second-order valence-electron chi connectivity index (χ2n) is 4.78. The second kappa shape index (κ2) is 4.84. The van der Waals surface area contributed by atoms with Crippen LogP contribution in [-0.2, 0) is 12.8 Å². The Morgan fingerprint density at radius 1 is 1.45 bits per heavy atom. The maximum atomic E-state index is 8.89. The summed E-state index contributed by atoms with van der Waals surface area (Å²) in [6.45, 7) is 1.88. The number of nitrogens with two attached hydrogens (primary N) is 1. The summed E-state index contributed by atoms with van der Waals surface area (Å²) in [6.07, 6.45) is 2.93. The number of pyridine rings is 1. The number of oxime groups is 1. The Hall–Kier alpha value is -2.57. The minimum atomic E-state index is -0.0190. The normalized spacial score (nSPS) is 14.3. The Labute approximate surface area is 115 Å². The number of hydrogen-bond donors (Lipinski definition) is 3. The fourth-order valence-electron chi connectivity index (χ4n) is 2.31. The van der Waals surface area contributed by atoms with Crippen molar-refractivity contribution in [1.82, 2.24) is 15.2 Å². The van der Waals surface area contributed by atoms with Crippen molar-refractivity contribution in [2.24, 2.45) is 10.9 Å². The maximum absolute atomic E-state index is 8.89. The SMILES string of the molecule is Cc1cc(Oc2nc3c(cc2/C(N)=N/O)CCC3)n[nH]1. The lowest BCUT2D eigenvalue weighted by molar-refractivity contribution is 0.318. The average Bonchev–Trinajstić information content (AvgIpc) is 3.05. The third-order valence-electron chi connectivity index (χ3n) is 3.28. The molecule has 0 atom stereocenters. The van der Waals surface area contributed by atoms with Gasteiger partial charge in [0.2, 0.25) is 11.8 Å². The molecule has 0 fully saturated rings. The third-order valence-corrected chi connectivity index (χ3v) is 3.28. The Bertz CT molecular complexity index is 677. The van der Waals surface area contributed by atoms with Crippen LogP contribution in [-0.4, -0.2) is 26.2 Å². The van der Waals surface area contributed by atoms with Crippen molar-refractivity contribution in [2.45, 2.75) is 26.2 Å². The number of ether oxygens (including phenoxy) is 1. The monoisotopic (exact) mass is 273 g/mol. The molecule has 0 spiro atoms. The topological polar surface area (TPSA) is 109 Å². The number of nitrogens with one attached hydrogen (secondary N) is 1. The molecule has 3 rings (SSSR count). The van der Waals surface area contributed by atoms with E-state index in [1.165, 1.54) is 0 Å². The number of nitrogens with zero attached hydrogens (tertiary/aromatic N) is 3. The van der Waals surface area contributed by atoms with Gasteiger partial charge in [-0.3, -0.25) is 5.10 Å². The van der Waals surface area contributed by atoms with Crippen LogP contribution in [0.1, 0.15) is 28.9 Å². The lowest BCUT2D eigenvalue weighted by Gasteiger charge is -2.09. The van der Waals surface area contributed by atoms with Gasteiger partial charge in [0.05, 0.1) is 5.56 Å². The highest BCUT2D eigenvalue weighted by Crippen LogP contribution is 2.29. The van der Waals surface area contributed by atoms with E-state index in [0.29, 0.717) is 17.3 Å². The van der Waals surface area contributed by atoms with E-state index in [-0.39, 0.29) is 5.84 Å². The molecule has 1 aliphatic rings. The number of H-pyrrole nitrogens is 1. The van der Waals surface area contributed by atoms with Crippen molar-refractivity contribution in [2.75, 3.05) is 0 Å². The van der Waals surface area contributed by atoms with E-state index in [4.69, 9.17) is 15.7 Å². The van der Waals surface area contributed by atoms with Gasteiger partial charge in [-0.2, -0.15) is 0 Å². The van der Waals surface area contributed by atoms with E-state index in [1.807, 2.05) is 13.0 Å². The number of rotatable bonds is 3. The first kappa shape index (κ1) is 12.5. The van der Waals surface area contributed by atoms with E-state index in [9.17, 15) is 0 Å². The number of amidine groups is 1. The van der Waals surface area contributed by atoms with E-state index in [0.717, 1.165) is 36.2 Å². The summed E-state index contributed by atoms with van der Waals surface area (Å²) >= 11 is 0. The average molecular weight is 273 g/mol. The number of aryl methyl sites for hydroxylation is 3. The van der Waals surface area contributed by atoms with Crippen LogP contribution < -0.4 is 10.5 Å². The smallest absolute Gasteiger partial charge is 0.240 e. The first-order chi connectivity index (χ1) is 9.67. The fraction of sp³-hybridized carbons (Fsp3) is 0.308. The van der Waals surface area contributed by atoms with Gasteiger partial charge in [-0.25, -0.2) is 4.98 Å². The highest BCUT2D eigenvalue weighted by molar-refractivity contribution is 5.99. The minimum absolute atomic E-state index is 0.0190. The zero-order chi connectivity index (χ0) is 14.1. The van der Waals surface area contributed by atoms with Crippen LogP contribution in [0.15, 0.2) is 17.3 Å². The second-order valence-corrected chi connectivity index (χ2v) is 4.78. The van der Waals surface area contributed by atoms with Crippen molar-refractivity contribution in [3.63, 3.8) is 0 Å². The van der Waals surface area contributed by atoms with Gasteiger partial charge in [-0.15, -0.1) is 5.10 Å². The highest BCUT2D eigenvalue weighted by Gasteiger charge is 2.20. The summed E-state index contributed by atoms with van der Waals surface area (Å²) in [7, 11) is 0. The number of aromatic amines is 1. The Morgan fingerprint density at radius 3 is 3.00 bits per heavy atom. The van der Waals surface area contributed by atoms with Crippen molar-refractivity contribution in [3.8, 4) is 11.8 Å². The minimum Gasteiger partial charge on any atom is -0.418 e. The van der Waals surface area contributed by atoms with Crippen molar-refractivity contribution in [1.29, 1.82) is 0 Å².